The summed E-state index contributed by atoms with van der Waals surface area (Å²) in [7, 11) is 1.82. The second-order valence-electron chi connectivity index (χ2n) is 7.66. The van der Waals surface area contributed by atoms with E-state index in [4.69, 9.17) is 4.74 Å². The first-order valence-electron chi connectivity index (χ1n) is 10.5. The number of pyridine rings is 1. The lowest BCUT2D eigenvalue weighted by Crippen LogP contribution is -2.49. The van der Waals surface area contributed by atoms with Gasteiger partial charge in [-0.25, -0.2) is 0 Å². The molecule has 1 aliphatic rings. The third-order valence-corrected chi connectivity index (χ3v) is 5.24. The van der Waals surface area contributed by atoms with Gasteiger partial charge in [0.15, 0.2) is 5.96 Å². The Morgan fingerprint density at radius 3 is 2.60 bits per heavy atom. The fraction of sp³-hybridized carbons (Fsp3) is 0.478. The van der Waals surface area contributed by atoms with Gasteiger partial charge in [0.1, 0.15) is 11.9 Å². The lowest BCUT2D eigenvalue weighted by molar-refractivity contribution is 0.195. The molecule has 2 N–H and O–H groups in total. The molecule has 0 amide bonds. The minimum atomic E-state index is 0. The van der Waals surface area contributed by atoms with Crippen molar-refractivity contribution >= 4 is 29.9 Å². The Morgan fingerprint density at radius 1 is 1.20 bits per heavy atom. The number of hydrogen-bond donors (Lipinski definition) is 2. The molecule has 30 heavy (non-hydrogen) atoms. The quantitative estimate of drug-likeness (QED) is 0.330. The zero-order chi connectivity index (χ0) is 20.5. The van der Waals surface area contributed by atoms with E-state index in [-0.39, 0.29) is 30.1 Å². The molecule has 7 heteroatoms. The molecule has 0 bridgehead atoms. The van der Waals surface area contributed by atoms with E-state index in [2.05, 4.69) is 57.6 Å². The minimum Gasteiger partial charge on any atom is -0.489 e. The molecule has 0 aliphatic carbocycles. The van der Waals surface area contributed by atoms with Crippen LogP contribution in [0.3, 0.4) is 0 Å². The first-order chi connectivity index (χ1) is 14.1. The summed E-state index contributed by atoms with van der Waals surface area (Å²) in [5.41, 5.74) is 2.29. The first-order valence-corrected chi connectivity index (χ1v) is 10.5. The number of benzene rings is 1. The van der Waals surface area contributed by atoms with E-state index >= 15 is 0 Å². The molecule has 0 saturated carbocycles. The van der Waals surface area contributed by atoms with E-state index in [1.807, 2.05) is 37.5 Å². The summed E-state index contributed by atoms with van der Waals surface area (Å²) in [5.74, 6) is 1.78. The van der Waals surface area contributed by atoms with Crippen molar-refractivity contribution in [3.8, 4) is 5.75 Å². The van der Waals surface area contributed by atoms with Crippen LogP contribution in [0.2, 0.25) is 0 Å². The van der Waals surface area contributed by atoms with Crippen LogP contribution in [-0.2, 0) is 6.54 Å². The van der Waals surface area contributed by atoms with Gasteiger partial charge in [-0.2, -0.15) is 0 Å². The number of aromatic nitrogens is 1. The highest BCUT2D eigenvalue weighted by molar-refractivity contribution is 14.0. The van der Waals surface area contributed by atoms with E-state index in [1.54, 1.807) is 0 Å². The van der Waals surface area contributed by atoms with E-state index in [9.17, 15) is 0 Å². The average molecular weight is 523 g/mol. The summed E-state index contributed by atoms with van der Waals surface area (Å²) in [5, 5.41) is 6.96. The molecule has 1 unspecified atom stereocenters. The number of hydrogen-bond acceptors (Lipinski definition) is 4. The number of aryl methyl sites for hydroxylation is 1. The molecule has 1 aliphatic heterocycles. The van der Waals surface area contributed by atoms with Crippen molar-refractivity contribution in [3.63, 3.8) is 0 Å². The number of nitrogens with one attached hydrogen (secondary N) is 2. The second-order valence-corrected chi connectivity index (χ2v) is 7.66. The lowest BCUT2D eigenvalue weighted by atomic mass is 10.0. The third kappa shape index (κ3) is 7.75. The molecule has 1 saturated heterocycles. The zero-order valence-corrected chi connectivity index (χ0v) is 20.5. The van der Waals surface area contributed by atoms with Gasteiger partial charge in [0.05, 0.1) is 12.2 Å². The maximum atomic E-state index is 6.04. The van der Waals surface area contributed by atoms with E-state index in [0.717, 1.165) is 55.4 Å². The van der Waals surface area contributed by atoms with E-state index in [0.29, 0.717) is 12.6 Å². The van der Waals surface area contributed by atoms with Gasteiger partial charge in [-0.15, -0.1) is 24.0 Å². The Morgan fingerprint density at radius 2 is 1.93 bits per heavy atom. The van der Waals surface area contributed by atoms with Crippen LogP contribution in [0.15, 0.2) is 53.7 Å². The van der Waals surface area contributed by atoms with Crippen LogP contribution in [0.25, 0.3) is 0 Å². The van der Waals surface area contributed by atoms with Crippen LogP contribution in [0.4, 0.5) is 0 Å². The smallest absolute Gasteiger partial charge is 0.191 e. The summed E-state index contributed by atoms with van der Waals surface area (Å²) < 4.78 is 6.04. The number of likely N-dealkylation sites (tertiary alicyclic amines) is 1. The highest BCUT2D eigenvalue weighted by atomic mass is 127. The van der Waals surface area contributed by atoms with Gasteiger partial charge < -0.3 is 15.4 Å². The van der Waals surface area contributed by atoms with E-state index in [1.165, 1.54) is 0 Å². The largest absolute Gasteiger partial charge is 0.489 e. The summed E-state index contributed by atoms with van der Waals surface area (Å²) in [6.45, 7) is 7.90. The first kappa shape index (κ1) is 24.4. The van der Waals surface area contributed by atoms with Crippen LogP contribution in [0.5, 0.6) is 5.75 Å². The van der Waals surface area contributed by atoms with Crippen LogP contribution in [0, 0.1) is 6.92 Å². The van der Waals surface area contributed by atoms with Gasteiger partial charge in [-0.05, 0) is 50.5 Å². The van der Waals surface area contributed by atoms with Gasteiger partial charge in [0, 0.05) is 38.9 Å². The van der Waals surface area contributed by atoms with Crippen molar-refractivity contribution in [1.82, 2.24) is 20.5 Å². The fourth-order valence-corrected chi connectivity index (χ4v) is 3.53. The molecule has 3 rings (SSSR count). The van der Waals surface area contributed by atoms with E-state index < -0.39 is 0 Å². The Balaban J connectivity index is 0.00000320. The van der Waals surface area contributed by atoms with Crippen molar-refractivity contribution in [2.45, 2.75) is 45.4 Å². The molecule has 2 heterocycles. The van der Waals surface area contributed by atoms with Crippen LogP contribution >= 0.6 is 24.0 Å². The number of aliphatic imine (C=N–C) groups is 1. The average Bonchev–Trinajstić information content (AvgIpc) is 2.75. The molecule has 1 fully saturated rings. The second kappa shape index (κ2) is 12.7. The number of para-hydroxylation sites is 1. The summed E-state index contributed by atoms with van der Waals surface area (Å²) in [4.78, 5) is 11.3. The van der Waals surface area contributed by atoms with Gasteiger partial charge in [0.2, 0.25) is 0 Å². The molecule has 1 aromatic carbocycles. The fourth-order valence-electron chi connectivity index (χ4n) is 3.53. The Labute approximate surface area is 197 Å². The standard InChI is InChI=1S/C23H33N5O.HI/c1-18-8-4-5-10-22(18)29-19(2)16-26-23(24-3)27-20-11-14-28(15-12-20)17-21-9-6-7-13-25-21;/h4-10,13,19-20H,11-12,14-17H2,1-3H3,(H2,24,26,27);1H. The normalized spacial score (nSPS) is 16.4. The number of halogens is 1. The Bertz CT molecular complexity index is 778. The molecular weight excluding hydrogens is 489 g/mol. The Hall–Kier alpha value is -1.87. The predicted molar refractivity (Wildman–Crippen MR) is 134 cm³/mol. The number of rotatable bonds is 7. The van der Waals surface area contributed by atoms with Gasteiger partial charge in [0.25, 0.3) is 0 Å². The summed E-state index contributed by atoms with van der Waals surface area (Å²) >= 11 is 0. The third-order valence-electron chi connectivity index (χ3n) is 5.24. The van der Waals surface area contributed by atoms with Crippen molar-refractivity contribution in [2.75, 3.05) is 26.7 Å². The maximum Gasteiger partial charge on any atom is 0.191 e. The molecule has 2 aromatic rings. The predicted octanol–water partition coefficient (Wildman–Crippen LogP) is 3.60. The molecule has 1 atom stereocenters. The van der Waals surface area contributed by atoms with Crippen molar-refractivity contribution in [2.24, 2.45) is 4.99 Å². The summed E-state index contributed by atoms with van der Waals surface area (Å²) in [6, 6.07) is 14.7. The van der Waals surface area contributed by atoms with Gasteiger partial charge >= 0.3 is 0 Å². The minimum absolute atomic E-state index is 0. The molecule has 0 spiro atoms. The highest BCUT2D eigenvalue weighted by Gasteiger charge is 2.20. The molecule has 0 radical (unpaired) electrons. The Kier molecular flexibility index (Phi) is 10.4. The molecule has 6 nitrogen and oxygen atoms in total. The topological polar surface area (TPSA) is 61.8 Å². The SMILES string of the molecule is CN=C(NCC(C)Oc1ccccc1C)NC1CCN(Cc2ccccn2)CC1.I. The van der Waals surface area contributed by atoms with Crippen molar-refractivity contribution in [3.05, 3.63) is 59.9 Å². The monoisotopic (exact) mass is 523 g/mol. The molecular formula is C23H34IN5O. The maximum absolute atomic E-state index is 6.04. The lowest BCUT2D eigenvalue weighted by Gasteiger charge is -2.33. The molecule has 164 valence electrons. The van der Waals surface area contributed by atoms with Gasteiger partial charge in [-0.3, -0.25) is 14.9 Å². The zero-order valence-electron chi connectivity index (χ0n) is 18.2. The summed E-state index contributed by atoms with van der Waals surface area (Å²) in [6.07, 6.45) is 4.12. The van der Waals surface area contributed by atoms with Crippen LogP contribution < -0.4 is 15.4 Å². The van der Waals surface area contributed by atoms with Crippen molar-refractivity contribution in [1.29, 1.82) is 0 Å². The van der Waals surface area contributed by atoms with Crippen LogP contribution in [0.1, 0.15) is 31.0 Å². The molecule has 1 aromatic heterocycles. The van der Waals surface area contributed by atoms with Crippen molar-refractivity contribution < 1.29 is 4.74 Å². The number of piperidine rings is 1. The van der Waals surface area contributed by atoms with Crippen LogP contribution in [-0.4, -0.2) is 54.7 Å². The number of ether oxygens (including phenoxy) is 1. The highest BCUT2D eigenvalue weighted by Crippen LogP contribution is 2.17. The number of nitrogens with zero attached hydrogens (tertiary/aromatic N) is 3. The number of guanidine groups is 1. The van der Waals surface area contributed by atoms with Gasteiger partial charge in [-0.1, -0.05) is 24.3 Å².